The zero-order valence-corrected chi connectivity index (χ0v) is 8.77. The summed E-state index contributed by atoms with van der Waals surface area (Å²) in [6, 6.07) is 6.72. The average molecular weight is 187 g/mol. The van der Waals surface area contributed by atoms with Crippen molar-refractivity contribution in [2.45, 2.75) is 26.3 Å². The van der Waals surface area contributed by atoms with E-state index in [1.807, 2.05) is 0 Å². The van der Waals surface area contributed by atoms with Crippen LogP contribution in [0.1, 0.15) is 30.0 Å². The molecule has 1 N–H and O–H groups in total. The second kappa shape index (κ2) is 3.97. The second-order valence-corrected chi connectivity index (χ2v) is 4.04. The Bertz CT molecular complexity index is 352. The van der Waals surface area contributed by atoms with Crippen LogP contribution in [0.3, 0.4) is 0 Å². The predicted molar refractivity (Wildman–Crippen MR) is 61.2 cm³/mol. The first-order chi connectivity index (χ1) is 6.77. The predicted octanol–water partition coefficient (Wildman–Crippen LogP) is 2.76. The van der Waals surface area contributed by atoms with Crippen molar-refractivity contribution in [3.05, 3.63) is 41.5 Å². The van der Waals surface area contributed by atoms with Crippen molar-refractivity contribution in [2.75, 3.05) is 6.54 Å². The van der Waals surface area contributed by atoms with Crippen LogP contribution in [0.5, 0.6) is 0 Å². The molecule has 1 aliphatic heterocycles. The molecule has 1 aromatic carbocycles. The number of aryl methyl sites for hydroxylation is 1. The van der Waals surface area contributed by atoms with Gasteiger partial charge in [0.25, 0.3) is 0 Å². The lowest BCUT2D eigenvalue weighted by Crippen LogP contribution is -2.12. The van der Waals surface area contributed by atoms with Gasteiger partial charge in [0, 0.05) is 6.54 Å². The van der Waals surface area contributed by atoms with Crippen molar-refractivity contribution in [1.29, 1.82) is 0 Å². The Labute approximate surface area is 85.8 Å². The molecule has 0 bridgehead atoms. The van der Waals surface area contributed by atoms with Crippen molar-refractivity contribution >= 4 is 5.57 Å². The topological polar surface area (TPSA) is 12.0 Å². The molecule has 2 rings (SSSR count). The molecule has 0 unspecified atom stereocenters. The zero-order chi connectivity index (χ0) is 9.97. The van der Waals surface area contributed by atoms with Gasteiger partial charge in [-0.25, -0.2) is 0 Å². The summed E-state index contributed by atoms with van der Waals surface area (Å²) in [4.78, 5) is 0. The van der Waals surface area contributed by atoms with E-state index in [0.29, 0.717) is 0 Å². The first-order valence-electron chi connectivity index (χ1n) is 5.26. The maximum absolute atomic E-state index is 3.98. The molecule has 0 fully saturated rings. The van der Waals surface area contributed by atoms with Gasteiger partial charge in [-0.15, -0.1) is 0 Å². The summed E-state index contributed by atoms with van der Waals surface area (Å²) in [5.41, 5.74) is 5.37. The molecule has 0 radical (unpaired) electrons. The highest BCUT2D eigenvalue weighted by Crippen LogP contribution is 2.20. The SMILES string of the molecule is C=C(C)c1ccc2c(c1)CNCCC2. The van der Waals surface area contributed by atoms with Gasteiger partial charge < -0.3 is 5.32 Å². The fraction of sp³-hybridized carbons (Fsp3) is 0.385. The van der Waals surface area contributed by atoms with Gasteiger partial charge in [-0.05, 0) is 49.1 Å². The van der Waals surface area contributed by atoms with E-state index in [1.165, 1.54) is 29.5 Å². The molecule has 74 valence electrons. The van der Waals surface area contributed by atoms with E-state index in [2.05, 4.69) is 37.0 Å². The molecule has 0 saturated heterocycles. The maximum atomic E-state index is 3.98. The van der Waals surface area contributed by atoms with Crippen LogP contribution >= 0.6 is 0 Å². The van der Waals surface area contributed by atoms with Crippen LogP contribution < -0.4 is 5.32 Å². The van der Waals surface area contributed by atoms with Gasteiger partial charge >= 0.3 is 0 Å². The van der Waals surface area contributed by atoms with Crippen molar-refractivity contribution in [3.63, 3.8) is 0 Å². The lowest BCUT2D eigenvalue weighted by molar-refractivity contribution is 0.680. The van der Waals surface area contributed by atoms with Gasteiger partial charge in [-0.3, -0.25) is 0 Å². The molecular formula is C13H17N. The molecule has 1 aromatic rings. The number of hydrogen-bond acceptors (Lipinski definition) is 1. The molecule has 0 aliphatic carbocycles. The summed E-state index contributed by atoms with van der Waals surface area (Å²) in [6.45, 7) is 8.19. The lowest BCUT2D eigenvalue weighted by Gasteiger charge is -2.08. The molecular weight excluding hydrogens is 170 g/mol. The maximum Gasteiger partial charge on any atom is 0.0208 e. The molecule has 1 heteroatoms. The Morgan fingerprint density at radius 1 is 1.36 bits per heavy atom. The fourth-order valence-electron chi connectivity index (χ4n) is 1.93. The number of hydrogen-bond donors (Lipinski definition) is 1. The molecule has 0 atom stereocenters. The van der Waals surface area contributed by atoms with E-state index in [1.54, 1.807) is 0 Å². The van der Waals surface area contributed by atoms with Gasteiger partial charge in [0.1, 0.15) is 0 Å². The van der Waals surface area contributed by atoms with Gasteiger partial charge in [0.05, 0.1) is 0 Å². The van der Waals surface area contributed by atoms with E-state index >= 15 is 0 Å². The zero-order valence-electron chi connectivity index (χ0n) is 8.77. The summed E-state index contributed by atoms with van der Waals surface area (Å²) < 4.78 is 0. The number of benzene rings is 1. The Balaban J connectivity index is 2.37. The molecule has 1 nitrogen and oxygen atoms in total. The van der Waals surface area contributed by atoms with Gasteiger partial charge in [-0.1, -0.05) is 24.3 Å². The number of rotatable bonds is 1. The van der Waals surface area contributed by atoms with Crippen molar-refractivity contribution < 1.29 is 0 Å². The van der Waals surface area contributed by atoms with E-state index in [0.717, 1.165) is 18.7 Å². The summed E-state index contributed by atoms with van der Waals surface area (Å²) in [5, 5.41) is 3.44. The summed E-state index contributed by atoms with van der Waals surface area (Å²) in [7, 11) is 0. The van der Waals surface area contributed by atoms with E-state index in [4.69, 9.17) is 0 Å². The minimum absolute atomic E-state index is 1.01. The normalized spacial score (nSPS) is 15.8. The van der Waals surface area contributed by atoms with Crippen LogP contribution in [-0.4, -0.2) is 6.54 Å². The number of nitrogens with one attached hydrogen (secondary N) is 1. The van der Waals surface area contributed by atoms with Crippen LogP contribution in [0, 0.1) is 0 Å². The number of fused-ring (bicyclic) bond motifs is 1. The lowest BCUT2D eigenvalue weighted by atomic mass is 9.99. The van der Waals surface area contributed by atoms with E-state index < -0.39 is 0 Å². The summed E-state index contributed by atoms with van der Waals surface area (Å²) >= 11 is 0. The van der Waals surface area contributed by atoms with E-state index in [-0.39, 0.29) is 0 Å². The Morgan fingerprint density at radius 3 is 3.00 bits per heavy atom. The van der Waals surface area contributed by atoms with Gasteiger partial charge in [-0.2, -0.15) is 0 Å². The third-order valence-electron chi connectivity index (χ3n) is 2.81. The standard InChI is InChI=1S/C13H17N/c1-10(2)12-6-5-11-4-3-7-14-9-13(11)8-12/h5-6,8,14H,1,3-4,7,9H2,2H3. The first-order valence-corrected chi connectivity index (χ1v) is 5.26. The van der Waals surface area contributed by atoms with Crippen molar-refractivity contribution in [2.24, 2.45) is 0 Å². The second-order valence-electron chi connectivity index (χ2n) is 4.04. The molecule has 14 heavy (non-hydrogen) atoms. The van der Waals surface area contributed by atoms with Crippen LogP contribution in [0.25, 0.3) is 5.57 Å². The summed E-state index contributed by atoms with van der Waals surface area (Å²) in [6.07, 6.45) is 2.46. The summed E-state index contributed by atoms with van der Waals surface area (Å²) in [5.74, 6) is 0. The molecule has 0 saturated carbocycles. The molecule has 1 aliphatic rings. The average Bonchev–Trinajstić information content (AvgIpc) is 2.41. The number of allylic oxidation sites excluding steroid dienone is 1. The smallest absolute Gasteiger partial charge is 0.0208 e. The third-order valence-corrected chi connectivity index (χ3v) is 2.81. The molecule has 0 spiro atoms. The largest absolute Gasteiger partial charge is 0.313 e. The Kier molecular flexibility index (Phi) is 2.69. The molecule has 1 heterocycles. The minimum atomic E-state index is 1.01. The van der Waals surface area contributed by atoms with Crippen LogP contribution in [0.2, 0.25) is 0 Å². The van der Waals surface area contributed by atoms with Gasteiger partial charge in [0.15, 0.2) is 0 Å². The highest BCUT2D eigenvalue weighted by Gasteiger charge is 2.07. The highest BCUT2D eigenvalue weighted by atomic mass is 14.8. The highest BCUT2D eigenvalue weighted by molar-refractivity contribution is 5.62. The van der Waals surface area contributed by atoms with Crippen LogP contribution in [0.15, 0.2) is 24.8 Å². The molecule has 0 aromatic heterocycles. The van der Waals surface area contributed by atoms with Gasteiger partial charge in [0.2, 0.25) is 0 Å². The third kappa shape index (κ3) is 1.88. The van der Waals surface area contributed by atoms with E-state index in [9.17, 15) is 0 Å². The minimum Gasteiger partial charge on any atom is -0.313 e. The van der Waals surface area contributed by atoms with Crippen molar-refractivity contribution in [1.82, 2.24) is 5.32 Å². The first kappa shape index (κ1) is 9.47. The Morgan fingerprint density at radius 2 is 2.21 bits per heavy atom. The molecule has 0 amide bonds. The van der Waals surface area contributed by atoms with Crippen LogP contribution in [0.4, 0.5) is 0 Å². The quantitative estimate of drug-likeness (QED) is 0.713. The Hall–Kier alpha value is -1.08. The van der Waals surface area contributed by atoms with Crippen LogP contribution in [-0.2, 0) is 13.0 Å². The fourth-order valence-corrected chi connectivity index (χ4v) is 1.93. The van der Waals surface area contributed by atoms with Crippen molar-refractivity contribution in [3.8, 4) is 0 Å². The monoisotopic (exact) mass is 187 g/mol.